The molecule has 138 valence electrons. The number of pyridine rings is 2. The van der Waals surface area contributed by atoms with Crippen LogP contribution in [-0.2, 0) is 11.2 Å². The smallest absolute Gasteiger partial charge is 0.223 e. The first-order valence-corrected chi connectivity index (χ1v) is 10.3. The summed E-state index contributed by atoms with van der Waals surface area (Å²) in [7, 11) is 0. The van der Waals surface area contributed by atoms with Gasteiger partial charge in [0.2, 0.25) is 5.88 Å². The minimum Gasteiger partial charge on any atom is -0.616 e. The molecule has 5 nitrogen and oxygen atoms in total. The monoisotopic (exact) mass is 383 g/mol. The molecule has 0 radical (unpaired) electrons. The van der Waals surface area contributed by atoms with E-state index in [2.05, 4.69) is 9.97 Å². The lowest BCUT2D eigenvalue weighted by atomic mass is 10.0. The fourth-order valence-electron chi connectivity index (χ4n) is 2.76. The molecule has 7 heteroatoms. The van der Waals surface area contributed by atoms with Crippen LogP contribution < -0.4 is 10.5 Å². The number of ether oxygens (including phenoxy) is 1. The molecule has 0 saturated heterocycles. The van der Waals surface area contributed by atoms with Crippen LogP contribution in [0.25, 0.3) is 10.8 Å². The maximum Gasteiger partial charge on any atom is 0.223 e. The third-order valence-corrected chi connectivity index (χ3v) is 6.37. The Morgan fingerprint density at radius 1 is 1.32 bits per heavy atom. The van der Waals surface area contributed by atoms with E-state index in [-0.39, 0.29) is 16.9 Å². The summed E-state index contributed by atoms with van der Waals surface area (Å²) in [6, 6.07) is 1.67. The van der Waals surface area contributed by atoms with Gasteiger partial charge in [-0.25, -0.2) is 9.97 Å². The molecule has 2 aromatic rings. The van der Waals surface area contributed by atoms with Crippen molar-refractivity contribution in [2.75, 3.05) is 6.26 Å². The molecule has 2 N–H and O–H groups in total. The fourth-order valence-corrected chi connectivity index (χ4v) is 3.38. The first-order valence-electron chi connectivity index (χ1n) is 8.35. The highest BCUT2D eigenvalue weighted by molar-refractivity contribution is 7.92. The van der Waals surface area contributed by atoms with E-state index in [4.69, 9.17) is 22.1 Å². The first kappa shape index (κ1) is 20.2. The van der Waals surface area contributed by atoms with Crippen LogP contribution in [0.15, 0.2) is 18.5 Å². The Bertz CT molecular complexity index is 740. The highest BCUT2D eigenvalue weighted by Gasteiger charge is 2.31. The number of halogens is 1. The summed E-state index contributed by atoms with van der Waals surface area (Å²) in [5.74, 6) is 0.497. The maximum atomic E-state index is 11.9. The molecular formula is C18H26ClN3O2S. The lowest BCUT2D eigenvalue weighted by molar-refractivity contribution is 0.192. The second-order valence-corrected chi connectivity index (χ2v) is 9.33. The Labute approximate surface area is 157 Å². The van der Waals surface area contributed by atoms with E-state index in [1.54, 1.807) is 24.7 Å². The van der Waals surface area contributed by atoms with Crippen LogP contribution >= 0.6 is 11.6 Å². The van der Waals surface area contributed by atoms with E-state index >= 15 is 0 Å². The highest BCUT2D eigenvalue weighted by Crippen LogP contribution is 2.32. The average Bonchev–Trinajstić information content (AvgIpc) is 2.53. The molecule has 0 aliphatic rings. The molecule has 2 rings (SSSR count). The molecule has 0 bridgehead atoms. The molecule has 25 heavy (non-hydrogen) atoms. The summed E-state index contributed by atoms with van der Waals surface area (Å²) in [6.45, 7) is 7.92. The fraction of sp³-hybridized carbons (Fsp3) is 0.556. The summed E-state index contributed by atoms with van der Waals surface area (Å²) >= 11 is 5.13. The molecule has 0 amide bonds. The number of fused-ring (bicyclic) bond motifs is 1. The van der Waals surface area contributed by atoms with E-state index in [1.165, 1.54) is 0 Å². The van der Waals surface area contributed by atoms with Crippen LogP contribution in [0.5, 0.6) is 5.88 Å². The normalized spacial score (nSPS) is 15.8. The van der Waals surface area contributed by atoms with Crippen molar-refractivity contribution in [2.45, 2.75) is 57.4 Å². The van der Waals surface area contributed by atoms with Crippen LogP contribution in [0.2, 0.25) is 5.15 Å². The minimum absolute atomic E-state index is 0.124. The van der Waals surface area contributed by atoms with E-state index in [1.807, 2.05) is 27.7 Å². The third-order valence-electron chi connectivity index (χ3n) is 4.44. The van der Waals surface area contributed by atoms with Crippen molar-refractivity contribution in [3.63, 3.8) is 0 Å². The molecule has 3 atom stereocenters. The molecule has 0 aromatic carbocycles. The van der Waals surface area contributed by atoms with Crippen LogP contribution in [0.4, 0.5) is 0 Å². The molecule has 0 aliphatic carbocycles. The van der Waals surface area contributed by atoms with Crippen molar-refractivity contribution in [3.05, 3.63) is 29.2 Å². The standard InChI is InChI=1S/C18H26ClN3O2S/c1-6-15(20)13-9-22-17(14-10-21-16(19)7-12(13)14)24-11(2)8-18(3,4)25(5)23/h7,9-11,15H,6,8,20H2,1-5H3. The van der Waals surface area contributed by atoms with Gasteiger partial charge in [0.05, 0.1) is 11.6 Å². The molecule has 0 spiro atoms. The highest BCUT2D eigenvalue weighted by atomic mass is 35.5. The Kier molecular flexibility index (Phi) is 6.54. The summed E-state index contributed by atoms with van der Waals surface area (Å²) in [5, 5.41) is 2.10. The quantitative estimate of drug-likeness (QED) is 0.576. The zero-order valence-electron chi connectivity index (χ0n) is 15.4. The van der Waals surface area contributed by atoms with Gasteiger partial charge >= 0.3 is 0 Å². The van der Waals surface area contributed by atoms with Crippen LogP contribution in [0.3, 0.4) is 0 Å². The molecule has 2 aromatic heterocycles. The molecular weight excluding hydrogens is 358 g/mol. The van der Waals surface area contributed by atoms with Crippen LogP contribution in [0.1, 0.15) is 52.1 Å². The van der Waals surface area contributed by atoms with Crippen LogP contribution in [-0.4, -0.2) is 31.6 Å². The van der Waals surface area contributed by atoms with E-state index < -0.39 is 11.2 Å². The van der Waals surface area contributed by atoms with Gasteiger partial charge in [-0.3, -0.25) is 0 Å². The van der Waals surface area contributed by atoms with Gasteiger partial charge in [-0.15, -0.1) is 0 Å². The second-order valence-electron chi connectivity index (χ2n) is 6.93. The van der Waals surface area contributed by atoms with Crippen molar-refractivity contribution in [2.24, 2.45) is 5.73 Å². The van der Waals surface area contributed by atoms with Gasteiger partial charge in [-0.1, -0.05) is 29.7 Å². The number of nitrogens with two attached hydrogens (primary N) is 1. The van der Waals surface area contributed by atoms with Crippen LogP contribution in [0, 0.1) is 0 Å². The van der Waals surface area contributed by atoms with Crippen molar-refractivity contribution in [1.82, 2.24) is 9.97 Å². The maximum absolute atomic E-state index is 11.9. The van der Waals surface area contributed by atoms with Gasteiger partial charge in [0.1, 0.15) is 16.0 Å². The molecule has 0 fully saturated rings. The van der Waals surface area contributed by atoms with E-state index in [9.17, 15) is 4.55 Å². The third kappa shape index (κ3) is 4.76. The molecule has 0 aliphatic heterocycles. The number of aromatic nitrogens is 2. The van der Waals surface area contributed by atoms with Crippen molar-refractivity contribution in [1.29, 1.82) is 0 Å². The van der Waals surface area contributed by atoms with Gasteiger partial charge in [-0.05, 0) is 44.2 Å². The summed E-state index contributed by atoms with van der Waals surface area (Å²) in [6.07, 6.45) is 6.43. The Balaban J connectivity index is 2.36. The molecule has 3 unspecified atom stereocenters. The molecule has 0 saturated carbocycles. The number of rotatable bonds is 7. The van der Waals surface area contributed by atoms with Gasteiger partial charge in [0.25, 0.3) is 0 Å². The van der Waals surface area contributed by atoms with Gasteiger partial charge < -0.3 is 15.0 Å². The number of hydrogen-bond donors (Lipinski definition) is 1. The summed E-state index contributed by atoms with van der Waals surface area (Å²) in [4.78, 5) is 8.62. The SMILES string of the molecule is CCC(N)c1cnc(OC(C)CC(C)(C)[S+](C)[O-])c2cnc(Cl)cc12. The summed E-state index contributed by atoms with van der Waals surface area (Å²) < 4.78 is 17.6. The summed E-state index contributed by atoms with van der Waals surface area (Å²) in [5.41, 5.74) is 7.13. The number of nitrogens with zero attached hydrogens (tertiary/aromatic N) is 2. The predicted octanol–water partition coefficient (Wildman–Crippen LogP) is 4.01. The van der Waals surface area contributed by atoms with Crippen molar-refractivity contribution >= 4 is 33.5 Å². The lowest BCUT2D eigenvalue weighted by Crippen LogP contribution is -2.36. The first-order chi connectivity index (χ1) is 11.7. The van der Waals surface area contributed by atoms with Crippen molar-refractivity contribution in [3.8, 4) is 5.88 Å². The minimum atomic E-state index is -0.943. The zero-order chi connectivity index (χ0) is 18.8. The van der Waals surface area contributed by atoms with E-state index in [0.717, 1.165) is 22.8 Å². The predicted molar refractivity (Wildman–Crippen MR) is 105 cm³/mol. The van der Waals surface area contributed by atoms with Gasteiger partial charge in [0.15, 0.2) is 0 Å². The Morgan fingerprint density at radius 3 is 2.60 bits per heavy atom. The average molecular weight is 384 g/mol. The topological polar surface area (TPSA) is 84.1 Å². The van der Waals surface area contributed by atoms with Crippen molar-refractivity contribution < 1.29 is 9.29 Å². The van der Waals surface area contributed by atoms with Gasteiger partial charge in [0, 0.05) is 24.9 Å². The Morgan fingerprint density at radius 2 is 2.00 bits per heavy atom. The van der Waals surface area contributed by atoms with Gasteiger partial charge in [-0.2, -0.15) is 0 Å². The Hall–Kier alpha value is -1.08. The second kappa shape index (κ2) is 8.08. The number of hydrogen-bond acceptors (Lipinski definition) is 5. The van der Waals surface area contributed by atoms with E-state index in [0.29, 0.717) is 17.5 Å². The lowest BCUT2D eigenvalue weighted by Gasteiger charge is -2.29. The zero-order valence-corrected chi connectivity index (χ0v) is 16.9. The largest absolute Gasteiger partial charge is 0.616 e. The molecule has 2 heterocycles.